The number of unbranched alkanes of at least 4 members (excludes halogenated alkanes) is 2. The smallest absolute Gasteiger partial charge is 0.251 e. The Morgan fingerprint density at radius 2 is 2.19 bits per heavy atom. The standard InChI is InChI=1S/C16H21FN2OS/c1-21-11-4-2-3-10-19-16(20)14-8-7-13(6-5-9-18)15(17)12-14/h7-8,12H,2-4,9-11,18H2,1H3,(H,19,20). The average molecular weight is 308 g/mol. The summed E-state index contributed by atoms with van der Waals surface area (Å²) in [6.07, 6.45) is 5.26. The molecule has 0 atom stereocenters. The molecule has 0 saturated heterocycles. The zero-order valence-electron chi connectivity index (χ0n) is 12.2. The fraction of sp³-hybridized carbons (Fsp3) is 0.438. The predicted molar refractivity (Wildman–Crippen MR) is 86.9 cm³/mol. The van der Waals surface area contributed by atoms with E-state index in [-0.39, 0.29) is 18.0 Å². The number of carbonyl (C=O) groups is 1. The zero-order chi connectivity index (χ0) is 15.5. The van der Waals surface area contributed by atoms with Crippen LogP contribution in [0.1, 0.15) is 35.2 Å². The van der Waals surface area contributed by atoms with E-state index in [1.54, 1.807) is 6.07 Å². The molecule has 1 aromatic rings. The molecule has 5 heteroatoms. The van der Waals surface area contributed by atoms with Crippen molar-refractivity contribution >= 4 is 17.7 Å². The minimum absolute atomic E-state index is 0.179. The fourth-order valence-electron chi connectivity index (χ4n) is 1.76. The Hall–Kier alpha value is -1.51. The Morgan fingerprint density at radius 3 is 2.86 bits per heavy atom. The lowest BCUT2D eigenvalue weighted by atomic mass is 10.1. The Balaban J connectivity index is 2.46. The van der Waals surface area contributed by atoms with Crippen molar-refractivity contribution in [3.05, 3.63) is 35.1 Å². The van der Waals surface area contributed by atoms with E-state index in [4.69, 9.17) is 5.73 Å². The monoisotopic (exact) mass is 308 g/mol. The molecular weight excluding hydrogens is 287 g/mol. The third kappa shape index (κ3) is 6.65. The molecule has 3 nitrogen and oxygen atoms in total. The van der Waals surface area contributed by atoms with Gasteiger partial charge in [0.1, 0.15) is 5.82 Å². The first-order chi connectivity index (χ1) is 10.2. The summed E-state index contributed by atoms with van der Waals surface area (Å²) < 4.78 is 13.7. The Kier molecular flexibility index (Phi) is 8.56. The van der Waals surface area contributed by atoms with Crippen molar-refractivity contribution in [2.45, 2.75) is 19.3 Å². The first-order valence-electron chi connectivity index (χ1n) is 6.94. The summed E-state index contributed by atoms with van der Waals surface area (Å²) in [4.78, 5) is 11.9. The fourth-order valence-corrected chi connectivity index (χ4v) is 2.25. The van der Waals surface area contributed by atoms with Crippen LogP contribution in [0.5, 0.6) is 0 Å². The molecule has 21 heavy (non-hydrogen) atoms. The molecule has 0 spiro atoms. The van der Waals surface area contributed by atoms with E-state index in [2.05, 4.69) is 23.4 Å². The van der Waals surface area contributed by atoms with Gasteiger partial charge in [-0.2, -0.15) is 11.8 Å². The molecule has 0 saturated carbocycles. The van der Waals surface area contributed by atoms with Crippen LogP contribution < -0.4 is 11.1 Å². The van der Waals surface area contributed by atoms with E-state index in [0.29, 0.717) is 12.1 Å². The number of amides is 1. The number of hydrogen-bond acceptors (Lipinski definition) is 3. The second kappa shape index (κ2) is 10.3. The highest BCUT2D eigenvalue weighted by atomic mass is 32.2. The van der Waals surface area contributed by atoms with E-state index >= 15 is 0 Å². The minimum Gasteiger partial charge on any atom is -0.352 e. The Labute approximate surface area is 129 Å². The largest absolute Gasteiger partial charge is 0.352 e. The van der Waals surface area contributed by atoms with Crippen LogP contribution in [-0.2, 0) is 0 Å². The Morgan fingerprint density at radius 1 is 1.38 bits per heavy atom. The second-order valence-corrected chi connectivity index (χ2v) is 5.50. The zero-order valence-corrected chi connectivity index (χ0v) is 13.1. The second-order valence-electron chi connectivity index (χ2n) is 4.51. The molecule has 1 rings (SSSR count). The van der Waals surface area contributed by atoms with Gasteiger partial charge in [-0.05, 0) is 43.0 Å². The first-order valence-corrected chi connectivity index (χ1v) is 8.34. The van der Waals surface area contributed by atoms with Crippen molar-refractivity contribution in [3.63, 3.8) is 0 Å². The lowest BCUT2D eigenvalue weighted by molar-refractivity contribution is 0.0952. The maximum Gasteiger partial charge on any atom is 0.251 e. The van der Waals surface area contributed by atoms with Crippen LogP contribution in [0.2, 0.25) is 0 Å². The number of halogens is 1. The number of hydrogen-bond donors (Lipinski definition) is 2. The van der Waals surface area contributed by atoms with Gasteiger partial charge in [-0.1, -0.05) is 18.3 Å². The normalized spacial score (nSPS) is 9.86. The van der Waals surface area contributed by atoms with Crippen LogP contribution in [0.15, 0.2) is 18.2 Å². The number of benzene rings is 1. The molecule has 1 aromatic carbocycles. The van der Waals surface area contributed by atoms with Gasteiger partial charge in [0, 0.05) is 12.1 Å². The van der Waals surface area contributed by atoms with E-state index in [0.717, 1.165) is 25.0 Å². The van der Waals surface area contributed by atoms with E-state index < -0.39 is 5.82 Å². The molecule has 0 aliphatic rings. The van der Waals surface area contributed by atoms with Crippen LogP contribution in [0.4, 0.5) is 4.39 Å². The summed E-state index contributed by atoms with van der Waals surface area (Å²) in [6, 6.07) is 4.29. The molecule has 114 valence electrons. The van der Waals surface area contributed by atoms with Crippen molar-refractivity contribution in [3.8, 4) is 11.8 Å². The van der Waals surface area contributed by atoms with Crippen molar-refractivity contribution in [1.82, 2.24) is 5.32 Å². The third-order valence-electron chi connectivity index (χ3n) is 2.87. The number of rotatable bonds is 7. The van der Waals surface area contributed by atoms with E-state index in [1.165, 1.54) is 12.1 Å². The van der Waals surface area contributed by atoms with E-state index in [1.807, 2.05) is 11.8 Å². The molecule has 1 amide bonds. The van der Waals surface area contributed by atoms with Gasteiger partial charge < -0.3 is 11.1 Å². The summed E-state index contributed by atoms with van der Waals surface area (Å²) in [6.45, 7) is 0.793. The summed E-state index contributed by atoms with van der Waals surface area (Å²) in [5, 5.41) is 2.80. The van der Waals surface area contributed by atoms with Crippen LogP contribution >= 0.6 is 11.8 Å². The lowest BCUT2D eigenvalue weighted by Crippen LogP contribution is -2.24. The van der Waals surface area contributed by atoms with Crippen LogP contribution in [0, 0.1) is 17.7 Å². The number of nitrogens with two attached hydrogens (primary N) is 1. The van der Waals surface area contributed by atoms with Crippen molar-refractivity contribution < 1.29 is 9.18 Å². The molecular formula is C16H21FN2OS. The summed E-state index contributed by atoms with van der Waals surface area (Å²) in [7, 11) is 0. The predicted octanol–water partition coefficient (Wildman–Crippen LogP) is 2.40. The quantitative estimate of drug-likeness (QED) is 0.601. The number of carbonyl (C=O) groups excluding carboxylic acids is 1. The molecule has 0 aliphatic carbocycles. The molecule has 3 N–H and O–H groups in total. The summed E-state index contributed by atoms with van der Waals surface area (Å²) in [5.74, 6) is 5.61. The number of thioether (sulfide) groups is 1. The highest BCUT2D eigenvalue weighted by Gasteiger charge is 2.08. The third-order valence-corrected chi connectivity index (χ3v) is 3.56. The van der Waals surface area contributed by atoms with Crippen molar-refractivity contribution in [1.29, 1.82) is 0 Å². The Bertz CT molecular complexity index is 523. The molecule has 0 aromatic heterocycles. The van der Waals surface area contributed by atoms with Gasteiger partial charge in [0.05, 0.1) is 12.1 Å². The first kappa shape index (κ1) is 17.5. The summed E-state index contributed by atoms with van der Waals surface area (Å²) >= 11 is 1.82. The SMILES string of the molecule is CSCCCCCNC(=O)c1ccc(C#CCN)c(F)c1. The van der Waals surface area contributed by atoms with Gasteiger partial charge >= 0.3 is 0 Å². The maximum atomic E-state index is 13.7. The minimum atomic E-state index is -0.497. The molecule has 0 bridgehead atoms. The number of nitrogens with one attached hydrogen (secondary N) is 1. The topological polar surface area (TPSA) is 55.1 Å². The highest BCUT2D eigenvalue weighted by Crippen LogP contribution is 2.09. The van der Waals surface area contributed by atoms with Gasteiger partial charge in [0.25, 0.3) is 5.91 Å². The van der Waals surface area contributed by atoms with Gasteiger partial charge in [-0.3, -0.25) is 4.79 Å². The van der Waals surface area contributed by atoms with E-state index in [9.17, 15) is 9.18 Å². The van der Waals surface area contributed by atoms with Crippen LogP contribution in [-0.4, -0.2) is 31.0 Å². The molecule has 0 fully saturated rings. The molecule has 0 aliphatic heterocycles. The summed E-state index contributed by atoms with van der Waals surface area (Å²) in [5.41, 5.74) is 5.81. The molecule has 0 radical (unpaired) electrons. The van der Waals surface area contributed by atoms with Gasteiger partial charge in [-0.25, -0.2) is 4.39 Å². The van der Waals surface area contributed by atoms with Gasteiger partial charge in [-0.15, -0.1) is 0 Å². The highest BCUT2D eigenvalue weighted by molar-refractivity contribution is 7.98. The van der Waals surface area contributed by atoms with Crippen LogP contribution in [0.25, 0.3) is 0 Å². The van der Waals surface area contributed by atoms with Crippen molar-refractivity contribution in [2.24, 2.45) is 5.73 Å². The van der Waals surface area contributed by atoms with Crippen LogP contribution in [0.3, 0.4) is 0 Å². The van der Waals surface area contributed by atoms with Gasteiger partial charge in [0.15, 0.2) is 0 Å². The lowest BCUT2D eigenvalue weighted by Gasteiger charge is -2.06. The molecule has 0 heterocycles. The maximum absolute atomic E-state index is 13.7. The molecule has 0 unspecified atom stereocenters. The average Bonchev–Trinajstić information content (AvgIpc) is 2.49. The van der Waals surface area contributed by atoms with Crippen molar-refractivity contribution in [2.75, 3.05) is 25.1 Å². The van der Waals surface area contributed by atoms with Gasteiger partial charge in [0.2, 0.25) is 0 Å².